The second-order valence-corrected chi connectivity index (χ2v) is 7.99. The predicted molar refractivity (Wildman–Crippen MR) is 114 cm³/mol. The van der Waals surface area contributed by atoms with Crippen LogP contribution in [-0.2, 0) is 11.2 Å². The van der Waals surface area contributed by atoms with Crippen molar-refractivity contribution in [3.8, 4) is 5.75 Å². The Morgan fingerprint density at radius 1 is 1.11 bits per heavy atom. The number of benzene rings is 2. The normalized spacial score (nSPS) is 24.0. The fourth-order valence-corrected chi connectivity index (χ4v) is 4.92. The van der Waals surface area contributed by atoms with E-state index in [2.05, 4.69) is 48.0 Å². The molecular formula is C23H29ClN2O2. The lowest BCUT2D eigenvalue weighted by Crippen LogP contribution is -2.34. The van der Waals surface area contributed by atoms with Gasteiger partial charge in [-0.1, -0.05) is 36.4 Å². The van der Waals surface area contributed by atoms with Crippen LogP contribution in [0.3, 0.4) is 0 Å². The molecule has 5 heteroatoms. The molecule has 0 saturated carbocycles. The van der Waals surface area contributed by atoms with E-state index in [0.29, 0.717) is 24.3 Å². The van der Waals surface area contributed by atoms with Crippen molar-refractivity contribution in [2.75, 3.05) is 33.8 Å². The highest BCUT2D eigenvalue weighted by molar-refractivity contribution is 5.85. The monoisotopic (exact) mass is 400 g/mol. The molecule has 0 unspecified atom stereocenters. The lowest BCUT2D eigenvalue weighted by molar-refractivity contribution is -0.129. The minimum absolute atomic E-state index is 0. The number of hydrogen-bond donors (Lipinski definition) is 0. The molecule has 2 heterocycles. The summed E-state index contributed by atoms with van der Waals surface area (Å²) < 4.78 is 5.28. The first-order valence-electron chi connectivity index (χ1n) is 9.73. The first kappa shape index (κ1) is 20.7. The molecule has 2 fully saturated rings. The third kappa shape index (κ3) is 3.89. The summed E-state index contributed by atoms with van der Waals surface area (Å²) in [5.41, 5.74) is 3.77. The lowest BCUT2D eigenvalue weighted by Gasteiger charge is -2.28. The highest BCUT2D eigenvalue weighted by Crippen LogP contribution is 2.44. The maximum atomic E-state index is 12.9. The Kier molecular flexibility index (Phi) is 6.31. The SMILES string of the molecule is COc1cccc(CC(=O)N2C[C@@H]3CN(C)[C@@H](c4ccccc4C)[C@@H]3C2)c1.Cl. The molecule has 0 bridgehead atoms. The van der Waals surface area contributed by atoms with E-state index in [1.807, 2.05) is 24.3 Å². The molecule has 28 heavy (non-hydrogen) atoms. The zero-order valence-corrected chi connectivity index (χ0v) is 17.6. The molecule has 0 aliphatic carbocycles. The van der Waals surface area contributed by atoms with Crippen LogP contribution >= 0.6 is 12.4 Å². The van der Waals surface area contributed by atoms with Gasteiger partial charge in [0.25, 0.3) is 0 Å². The van der Waals surface area contributed by atoms with E-state index < -0.39 is 0 Å². The average molecular weight is 401 g/mol. The standard InChI is InChI=1S/C23H28N2O2.ClH/c1-16-7-4-5-10-20(16)23-21-15-25(14-18(21)13-24(23)2)22(26)12-17-8-6-9-19(11-17)27-3;/h4-11,18,21,23H,12-15H2,1-3H3;1H/t18-,21+,23-;/m0./s1. The molecule has 2 aliphatic rings. The van der Waals surface area contributed by atoms with Crippen molar-refractivity contribution >= 4 is 18.3 Å². The summed E-state index contributed by atoms with van der Waals surface area (Å²) >= 11 is 0. The molecule has 4 nitrogen and oxygen atoms in total. The van der Waals surface area contributed by atoms with Crippen LogP contribution in [-0.4, -0.2) is 49.5 Å². The molecule has 4 rings (SSSR count). The van der Waals surface area contributed by atoms with Crippen LogP contribution in [0.25, 0.3) is 0 Å². The van der Waals surface area contributed by atoms with Gasteiger partial charge in [0.2, 0.25) is 5.91 Å². The second kappa shape index (κ2) is 8.54. The van der Waals surface area contributed by atoms with E-state index in [9.17, 15) is 4.79 Å². The van der Waals surface area contributed by atoms with Crippen LogP contribution < -0.4 is 4.74 Å². The smallest absolute Gasteiger partial charge is 0.227 e. The number of halogens is 1. The molecule has 2 aromatic carbocycles. The Balaban J connectivity index is 0.00000225. The number of aryl methyl sites for hydroxylation is 1. The summed E-state index contributed by atoms with van der Waals surface area (Å²) in [6.07, 6.45) is 0.446. The molecule has 2 saturated heterocycles. The number of likely N-dealkylation sites (tertiary alicyclic amines) is 2. The predicted octanol–water partition coefficient (Wildman–Crippen LogP) is 3.73. The van der Waals surface area contributed by atoms with Gasteiger partial charge in [-0.15, -0.1) is 12.4 Å². The maximum Gasteiger partial charge on any atom is 0.227 e. The zero-order chi connectivity index (χ0) is 19.0. The lowest BCUT2D eigenvalue weighted by atomic mass is 9.88. The summed E-state index contributed by atoms with van der Waals surface area (Å²) in [5, 5.41) is 0. The summed E-state index contributed by atoms with van der Waals surface area (Å²) in [5.74, 6) is 2.11. The first-order chi connectivity index (χ1) is 13.1. The number of carbonyl (C=O) groups is 1. The van der Waals surface area contributed by atoms with Gasteiger partial charge < -0.3 is 9.64 Å². The van der Waals surface area contributed by atoms with Crippen LogP contribution in [0.2, 0.25) is 0 Å². The van der Waals surface area contributed by atoms with Crippen molar-refractivity contribution in [3.63, 3.8) is 0 Å². The molecule has 2 aliphatic heterocycles. The van der Waals surface area contributed by atoms with E-state index in [0.717, 1.165) is 30.9 Å². The van der Waals surface area contributed by atoms with Gasteiger partial charge in [-0.05, 0) is 48.7 Å². The topological polar surface area (TPSA) is 32.8 Å². The van der Waals surface area contributed by atoms with Gasteiger partial charge in [0.05, 0.1) is 13.5 Å². The van der Waals surface area contributed by atoms with Gasteiger partial charge in [-0.3, -0.25) is 9.69 Å². The summed E-state index contributed by atoms with van der Waals surface area (Å²) in [6, 6.07) is 16.9. The molecule has 150 valence electrons. The van der Waals surface area contributed by atoms with Gasteiger partial charge in [0.1, 0.15) is 5.75 Å². The van der Waals surface area contributed by atoms with Crippen LogP contribution in [0.1, 0.15) is 22.7 Å². The molecular weight excluding hydrogens is 372 g/mol. The number of nitrogens with zero attached hydrogens (tertiary/aromatic N) is 2. The highest BCUT2D eigenvalue weighted by Gasteiger charge is 2.47. The van der Waals surface area contributed by atoms with Crippen molar-refractivity contribution in [2.45, 2.75) is 19.4 Å². The Morgan fingerprint density at radius 2 is 1.89 bits per heavy atom. The van der Waals surface area contributed by atoms with Gasteiger partial charge in [-0.25, -0.2) is 0 Å². The molecule has 0 spiro atoms. The first-order valence-corrected chi connectivity index (χ1v) is 9.73. The number of carbonyl (C=O) groups excluding carboxylic acids is 1. The Labute approximate surface area is 173 Å². The minimum atomic E-state index is 0. The molecule has 3 atom stereocenters. The van der Waals surface area contributed by atoms with E-state index >= 15 is 0 Å². The highest BCUT2D eigenvalue weighted by atomic mass is 35.5. The van der Waals surface area contributed by atoms with E-state index in [4.69, 9.17) is 4.74 Å². The Bertz CT molecular complexity index is 841. The molecule has 1 amide bonds. The molecule has 0 N–H and O–H groups in total. The quantitative estimate of drug-likeness (QED) is 0.783. The van der Waals surface area contributed by atoms with E-state index in [1.54, 1.807) is 7.11 Å². The fourth-order valence-electron chi connectivity index (χ4n) is 4.92. The van der Waals surface area contributed by atoms with Crippen LogP contribution in [0.5, 0.6) is 5.75 Å². The number of fused-ring (bicyclic) bond motifs is 1. The summed E-state index contributed by atoms with van der Waals surface area (Å²) in [4.78, 5) is 17.5. The Morgan fingerprint density at radius 3 is 2.64 bits per heavy atom. The number of methoxy groups -OCH3 is 1. The van der Waals surface area contributed by atoms with Gasteiger partial charge >= 0.3 is 0 Å². The van der Waals surface area contributed by atoms with Crippen LogP contribution in [0.15, 0.2) is 48.5 Å². The number of ether oxygens (including phenoxy) is 1. The van der Waals surface area contributed by atoms with Crippen LogP contribution in [0.4, 0.5) is 0 Å². The second-order valence-electron chi connectivity index (χ2n) is 7.99. The van der Waals surface area contributed by atoms with Crippen molar-refractivity contribution in [3.05, 3.63) is 65.2 Å². The zero-order valence-electron chi connectivity index (χ0n) is 16.8. The minimum Gasteiger partial charge on any atom is -0.497 e. The average Bonchev–Trinajstić information content (AvgIpc) is 3.19. The van der Waals surface area contributed by atoms with Crippen molar-refractivity contribution < 1.29 is 9.53 Å². The maximum absolute atomic E-state index is 12.9. The van der Waals surface area contributed by atoms with E-state index in [-0.39, 0.29) is 18.3 Å². The van der Waals surface area contributed by atoms with Gasteiger partial charge in [0, 0.05) is 31.6 Å². The molecule has 0 aromatic heterocycles. The fraction of sp³-hybridized carbons (Fsp3) is 0.435. The van der Waals surface area contributed by atoms with E-state index in [1.165, 1.54) is 11.1 Å². The Hall–Kier alpha value is -2.04. The molecule has 0 radical (unpaired) electrons. The number of hydrogen-bond acceptors (Lipinski definition) is 3. The summed E-state index contributed by atoms with van der Waals surface area (Å²) in [6.45, 7) is 4.99. The summed E-state index contributed by atoms with van der Waals surface area (Å²) in [7, 11) is 3.88. The third-order valence-electron chi connectivity index (χ3n) is 6.24. The number of amides is 1. The number of rotatable bonds is 4. The van der Waals surface area contributed by atoms with Crippen molar-refractivity contribution in [2.24, 2.45) is 11.8 Å². The van der Waals surface area contributed by atoms with Crippen molar-refractivity contribution in [1.82, 2.24) is 9.80 Å². The molecule has 2 aromatic rings. The van der Waals surface area contributed by atoms with Gasteiger partial charge in [0.15, 0.2) is 0 Å². The third-order valence-corrected chi connectivity index (χ3v) is 6.24. The largest absolute Gasteiger partial charge is 0.497 e. The van der Waals surface area contributed by atoms with Gasteiger partial charge in [-0.2, -0.15) is 0 Å². The van der Waals surface area contributed by atoms with Crippen molar-refractivity contribution in [1.29, 1.82) is 0 Å². The van der Waals surface area contributed by atoms with Crippen LogP contribution in [0, 0.1) is 18.8 Å².